The molecule has 0 aliphatic heterocycles. The maximum Gasteiger partial charge on any atom is 0.271 e. The van der Waals surface area contributed by atoms with Crippen molar-refractivity contribution >= 4 is 28.7 Å². The van der Waals surface area contributed by atoms with Crippen molar-refractivity contribution in [3.05, 3.63) is 69.2 Å². The maximum absolute atomic E-state index is 10.8. The van der Waals surface area contributed by atoms with Crippen LogP contribution in [0.15, 0.2) is 48.5 Å². The molecule has 0 radical (unpaired) electrons. The Labute approximate surface area is 146 Å². The summed E-state index contributed by atoms with van der Waals surface area (Å²) in [5, 5.41) is 19.3. The van der Waals surface area contributed by atoms with E-state index in [9.17, 15) is 10.1 Å². The second-order valence-corrected chi connectivity index (χ2v) is 6.23. The Hall–Kier alpha value is -2.40. The van der Waals surface area contributed by atoms with E-state index in [1.54, 1.807) is 6.07 Å². The van der Waals surface area contributed by atoms with Crippen LogP contribution in [0.4, 0.5) is 11.4 Å². The molecule has 0 spiro atoms. The summed E-state index contributed by atoms with van der Waals surface area (Å²) in [6.45, 7) is 2.01. The van der Waals surface area contributed by atoms with E-state index < -0.39 is 4.92 Å². The lowest BCUT2D eigenvalue weighted by Gasteiger charge is -2.28. The van der Waals surface area contributed by atoms with Gasteiger partial charge in [-0.15, -0.1) is 0 Å². The second kappa shape index (κ2) is 7.93. The SMILES string of the molecule is CC(CC(=N)Cc1ccccc1)N(C)c1ccc([N+](=O)[O-])cc1Cl. The zero-order valence-electron chi connectivity index (χ0n) is 13.7. The largest absolute Gasteiger partial charge is 0.370 e. The lowest BCUT2D eigenvalue weighted by molar-refractivity contribution is -0.384. The number of rotatable bonds is 7. The Morgan fingerprint density at radius 1 is 1.29 bits per heavy atom. The molecule has 126 valence electrons. The van der Waals surface area contributed by atoms with Gasteiger partial charge in [-0.2, -0.15) is 0 Å². The third-order valence-corrected chi connectivity index (χ3v) is 4.29. The lowest BCUT2D eigenvalue weighted by atomic mass is 10.0. The Kier molecular flexibility index (Phi) is 5.93. The number of halogens is 1. The minimum atomic E-state index is -0.464. The zero-order valence-corrected chi connectivity index (χ0v) is 14.5. The third-order valence-electron chi connectivity index (χ3n) is 3.99. The van der Waals surface area contributed by atoms with Gasteiger partial charge in [0.05, 0.1) is 15.6 Å². The van der Waals surface area contributed by atoms with E-state index in [1.807, 2.05) is 49.2 Å². The predicted octanol–water partition coefficient (Wildman–Crippen LogP) is 4.73. The van der Waals surface area contributed by atoms with Crippen molar-refractivity contribution in [3.8, 4) is 0 Å². The molecule has 2 rings (SSSR count). The molecule has 1 N–H and O–H groups in total. The molecule has 24 heavy (non-hydrogen) atoms. The number of hydrogen-bond donors (Lipinski definition) is 1. The third kappa shape index (κ3) is 4.55. The van der Waals surface area contributed by atoms with Crippen LogP contribution in [0.3, 0.4) is 0 Å². The normalized spacial score (nSPS) is 11.8. The molecule has 1 atom stereocenters. The molecule has 1 unspecified atom stereocenters. The van der Waals surface area contributed by atoms with Crippen LogP contribution in [0.5, 0.6) is 0 Å². The van der Waals surface area contributed by atoms with Gasteiger partial charge >= 0.3 is 0 Å². The average Bonchev–Trinajstić information content (AvgIpc) is 2.54. The van der Waals surface area contributed by atoms with Gasteiger partial charge in [0.2, 0.25) is 0 Å². The van der Waals surface area contributed by atoms with E-state index >= 15 is 0 Å². The van der Waals surface area contributed by atoms with Crippen molar-refractivity contribution in [1.29, 1.82) is 5.41 Å². The highest BCUT2D eigenvalue weighted by Gasteiger charge is 2.17. The fraction of sp³-hybridized carbons (Fsp3) is 0.278. The summed E-state index contributed by atoms with van der Waals surface area (Å²) >= 11 is 6.18. The lowest BCUT2D eigenvalue weighted by Crippen LogP contribution is -2.31. The fourth-order valence-corrected chi connectivity index (χ4v) is 2.85. The molecule has 0 heterocycles. The van der Waals surface area contributed by atoms with Gasteiger partial charge in [0, 0.05) is 43.8 Å². The van der Waals surface area contributed by atoms with Crippen molar-refractivity contribution in [2.45, 2.75) is 25.8 Å². The zero-order chi connectivity index (χ0) is 17.7. The van der Waals surface area contributed by atoms with E-state index in [2.05, 4.69) is 0 Å². The number of hydrogen-bond acceptors (Lipinski definition) is 4. The highest BCUT2D eigenvalue weighted by Crippen LogP contribution is 2.30. The Balaban J connectivity index is 2.02. The van der Waals surface area contributed by atoms with Gasteiger partial charge in [-0.1, -0.05) is 41.9 Å². The maximum atomic E-state index is 10.8. The average molecular weight is 346 g/mol. The molecule has 0 bridgehead atoms. The molecule has 0 amide bonds. The first kappa shape index (κ1) is 17.9. The molecule has 2 aromatic carbocycles. The molecule has 0 fully saturated rings. The Bertz CT molecular complexity index is 734. The molecule has 0 aliphatic rings. The first-order valence-electron chi connectivity index (χ1n) is 7.65. The quantitative estimate of drug-likeness (QED) is 0.448. The standard InChI is InChI=1S/C18H20ClN3O2/c1-13(10-15(20)11-14-6-4-3-5-7-14)21(2)18-9-8-16(22(23)24)12-17(18)19/h3-9,12-13,20H,10-11H2,1-2H3. The number of non-ortho nitro benzene ring substituents is 1. The van der Waals surface area contributed by atoms with Gasteiger partial charge in [-0.3, -0.25) is 10.1 Å². The summed E-state index contributed by atoms with van der Waals surface area (Å²) in [6, 6.07) is 14.4. The molecule has 0 aromatic heterocycles. The van der Waals surface area contributed by atoms with E-state index in [4.69, 9.17) is 17.0 Å². The van der Waals surface area contributed by atoms with Crippen LogP contribution in [0, 0.1) is 15.5 Å². The number of nitrogens with zero attached hydrogens (tertiary/aromatic N) is 2. The fourth-order valence-electron chi connectivity index (χ4n) is 2.54. The molecule has 0 aliphatic carbocycles. The molecule has 2 aromatic rings. The van der Waals surface area contributed by atoms with Crippen molar-refractivity contribution in [2.24, 2.45) is 0 Å². The summed E-state index contributed by atoms with van der Waals surface area (Å²) < 4.78 is 0. The van der Waals surface area contributed by atoms with E-state index in [0.717, 1.165) is 11.3 Å². The van der Waals surface area contributed by atoms with Crippen LogP contribution < -0.4 is 4.90 Å². The topological polar surface area (TPSA) is 70.2 Å². The first-order chi connectivity index (χ1) is 11.4. The summed E-state index contributed by atoms with van der Waals surface area (Å²) in [6.07, 6.45) is 1.21. The number of benzene rings is 2. The number of nitrogens with one attached hydrogen (secondary N) is 1. The summed E-state index contributed by atoms with van der Waals surface area (Å²) in [4.78, 5) is 12.3. The van der Waals surface area contributed by atoms with Crippen molar-refractivity contribution in [2.75, 3.05) is 11.9 Å². The Morgan fingerprint density at radius 2 is 1.96 bits per heavy atom. The van der Waals surface area contributed by atoms with Gasteiger partial charge < -0.3 is 10.3 Å². The monoisotopic (exact) mass is 345 g/mol. The molecule has 5 nitrogen and oxygen atoms in total. The summed E-state index contributed by atoms with van der Waals surface area (Å²) in [5.74, 6) is 0. The van der Waals surface area contributed by atoms with Gasteiger partial charge in [-0.05, 0) is 18.6 Å². The molecular formula is C18H20ClN3O2. The van der Waals surface area contributed by atoms with Gasteiger partial charge in [0.1, 0.15) is 0 Å². The minimum Gasteiger partial charge on any atom is -0.370 e. The highest BCUT2D eigenvalue weighted by molar-refractivity contribution is 6.33. The van der Waals surface area contributed by atoms with Gasteiger partial charge in [-0.25, -0.2) is 0 Å². The van der Waals surface area contributed by atoms with Crippen LogP contribution >= 0.6 is 11.6 Å². The van der Waals surface area contributed by atoms with Crippen LogP contribution in [-0.2, 0) is 6.42 Å². The van der Waals surface area contributed by atoms with E-state index in [-0.39, 0.29) is 11.7 Å². The second-order valence-electron chi connectivity index (χ2n) is 5.82. The first-order valence-corrected chi connectivity index (χ1v) is 8.03. The molecule has 6 heteroatoms. The van der Waals surface area contributed by atoms with Crippen LogP contribution in [0.25, 0.3) is 0 Å². The van der Waals surface area contributed by atoms with Crippen molar-refractivity contribution in [3.63, 3.8) is 0 Å². The Morgan fingerprint density at radius 3 is 2.54 bits per heavy atom. The molecule has 0 saturated heterocycles. The number of anilines is 1. The highest BCUT2D eigenvalue weighted by atomic mass is 35.5. The van der Waals surface area contributed by atoms with E-state index in [0.29, 0.717) is 23.6 Å². The van der Waals surface area contributed by atoms with Crippen LogP contribution in [-0.4, -0.2) is 23.7 Å². The van der Waals surface area contributed by atoms with Crippen molar-refractivity contribution in [1.82, 2.24) is 0 Å². The van der Waals surface area contributed by atoms with Gasteiger partial charge in [0.15, 0.2) is 0 Å². The molecule has 0 saturated carbocycles. The van der Waals surface area contributed by atoms with Crippen LogP contribution in [0.1, 0.15) is 18.9 Å². The number of nitro groups is 1. The van der Waals surface area contributed by atoms with E-state index in [1.165, 1.54) is 12.1 Å². The smallest absolute Gasteiger partial charge is 0.271 e. The summed E-state index contributed by atoms with van der Waals surface area (Å²) in [5.41, 5.74) is 2.45. The predicted molar refractivity (Wildman–Crippen MR) is 98.5 cm³/mol. The summed E-state index contributed by atoms with van der Waals surface area (Å²) in [7, 11) is 1.88. The minimum absolute atomic E-state index is 0.0263. The number of nitro benzene ring substituents is 1. The van der Waals surface area contributed by atoms with Crippen LogP contribution in [0.2, 0.25) is 5.02 Å². The molecular weight excluding hydrogens is 326 g/mol. The van der Waals surface area contributed by atoms with Gasteiger partial charge in [0.25, 0.3) is 5.69 Å². The van der Waals surface area contributed by atoms with Crippen molar-refractivity contribution < 1.29 is 4.92 Å².